The van der Waals surface area contributed by atoms with Gasteiger partial charge in [0.2, 0.25) is 5.91 Å². The topological polar surface area (TPSA) is 110 Å². The highest BCUT2D eigenvalue weighted by molar-refractivity contribution is 5.88. The van der Waals surface area contributed by atoms with E-state index in [2.05, 4.69) is 31.9 Å². The standard InChI is InChI=1S/C30H27FN8O2/c1-3-26(40)38-13-18-4-5-19(14-38)27(18)21-6-7-23-29(36-21)30(34-15-32-23)37-22-8-9-24(17(2)28(22)31)41-20-10-11-39-25(12-20)33-16-35-39/h3,6-12,15-16,18-19,27H,1,4-5,13-14H2,2H3,(H,32,34,37)/t18-,19?,27-/m0/s1. The lowest BCUT2D eigenvalue weighted by atomic mass is 9.82. The van der Waals surface area contributed by atoms with Crippen molar-refractivity contribution in [3.63, 3.8) is 0 Å². The monoisotopic (exact) mass is 550 g/mol. The van der Waals surface area contributed by atoms with Gasteiger partial charge in [-0.25, -0.2) is 28.8 Å². The molecular weight excluding hydrogens is 523 g/mol. The molecule has 0 radical (unpaired) electrons. The summed E-state index contributed by atoms with van der Waals surface area (Å²) in [5, 5.41) is 7.21. The maximum absolute atomic E-state index is 15.6. The van der Waals surface area contributed by atoms with Gasteiger partial charge < -0.3 is 15.0 Å². The normalized spacial score (nSPS) is 20.0. The summed E-state index contributed by atoms with van der Waals surface area (Å²) < 4.78 is 23.2. The van der Waals surface area contributed by atoms with E-state index in [1.54, 1.807) is 41.9 Å². The smallest absolute Gasteiger partial charge is 0.245 e. The molecule has 4 aromatic heterocycles. The summed E-state index contributed by atoms with van der Waals surface area (Å²) in [4.78, 5) is 32.1. The maximum Gasteiger partial charge on any atom is 0.245 e. The molecule has 2 aliphatic rings. The van der Waals surface area contributed by atoms with Crippen LogP contribution in [0.2, 0.25) is 0 Å². The summed E-state index contributed by atoms with van der Waals surface area (Å²) >= 11 is 0. The van der Waals surface area contributed by atoms with E-state index in [1.165, 1.54) is 18.7 Å². The average Bonchev–Trinajstić information content (AvgIpc) is 3.57. The second-order valence-electron chi connectivity index (χ2n) is 10.6. The SMILES string of the molecule is C=CC(=O)N1CC2CC[C@@H](C1)[C@@H]2c1ccc2ncnc(Nc3ccc(Oc4ccn5ncnc5c4)c(C)c3F)c2n1. The van der Waals surface area contributed by atoms with Gasteiger partial charge >= 0.3 is 0 Å². The lowest BCUT2D eigenvalue weighted by Gasteiger charge is -2.37. The van der Waals surface area contributed by atoms with Gasteiger partial charge in [0.25, 0.3) is 0 Å². The number of amides is 1. The van der Waals surface area contributed by atoms with Crippen molar-refractivity contribution in [1.29, 1.82) is 0 Å². The molecule has 3 atom stereocenters. The Kier molecular flexibility index (Phi) is 6.06. The zero-order valence-corrected chi connectivity index (χ0v) is 22.4. The summed E-state index contributed by atoms with van der Waals surface area (Å²) in [6.45, 7) is 6.71. The first-order chi connectivity index (χ1) is 20.0. The first kappa shape index (κ1) is 25.1. The van der Waals surface area contributed by atoms with Crippen LogP contribution in [-0.4, -0.2) is 53.4 Å². The number of anilines is 2. The molecule has 2 bridgehead atoms. The summed E-state index contributed by atoms with van der Waals surface area (Å²) in [6, 6.07) is 10.8. The Labute approximate surface area is 234 Å². The van der Waals surface area contributed by atoms with Crippen molar-refractivity contribution in [1.82, 2.24) is 34.4 Å². The number of fused-ring (bicyclic) bond motifs is 4. The highest BCUT2D eigenvalue weighted by Gasteiger charge is 2.44. The first-order valence-corrected chi connectivity index (χ1v) is 13.5. The number of nitrogens with zero attached hydrogens (tertiary/aromatic N) is 7. The number of nitrogens with one attached hydrogen (secondary N) is 1. The third kappa shape index (κ3) is 4.43. The Morgan fingerprint density at radius 2 is 1.93 bits per heavy atom. The summed E-state index contributed by atoms with van der Waals surface area (Å²) in [5.74, 6) is 1.79. The van der Waals surface area contributed by atoms with E-state index in [0.717, 1.165) is 18.5 Å². The summed E-state index contributed by atoms with van der Waals surface area (Å²) in [5.41, 5.74) is 3.43. The number of ether oxygens (including phenoxy) is 1. The molecule has 7 rings (SSSR count). The van der Waals surface area contributed by atoms with Crippen LogP contribution in [0.25, 0.3) is 16.7 Å². The summed E-state index contributed by atoms with van der Waals surface area (Å²) in [6.07, 6.45) is 8.13. The molecule has 1 N–H and O–H groups in total. The number of hydrogen-bond acceptors (Lipinski definition) is 8. The quantitative estimate of drug-likeness (QED) is 0.288. The van der Waals surface area contributed by atoms with E-state index < -0.39 is 5.82 Å². The van der Waals surface area contributed by atoms with Crippen molar-refractivity contribution in [3.05, 3.63) is 85.0 Å². The predicted octanol–water partition coefficient (Wildman–Crippen LogP) is 5.19. The Morgan fingerprint density at radius 3 is 2.73 bits per heavy atom. The second-order valence-corrected chi connectivity index (χ2v) is 10.6. The van der Waals surface area contributed by atoms with Crippen LogP contribution in [0.15, 0.2) is 67.9 Å². The van der Waals surface area contributed by atoms with E-state index >= 15 is 4.39 Å². The maximum atomic E-state index is 15.6. The lowest BCUT2D eigenvalue weighted by Crippen LogP contribution is -2.43. The molecule has 41 heavy (non-hydrogen) atoms. The van der Waals surface area contributed by atoms with Gasteiger partial charge in [0.15, 0.2) is 17.3 Å². The molecule has 10 nitrogen and oxygen atoms in total. The fourth-order valence-electron chi connectivity index (χ4n) is 6.24. The molecule has 206 valence electrons. The number of carbonyl (C=O) groups excluding carboxylic acids is 1. The molecule has 1 amide bonds. The molecule has 1 saturated carbocycles. The fourth-order valence-corrected chi connectivity index (χ4v) is 6.24. The van der Waals surface area contributed by atoms with Gasteiger partial charge in [0, 0.05) is 42.5 Å². The molecule has 5 heterocycles. The number of aromatic nitrogens is 6. The Hall–Kier alpha value is -4.93. The highest BCUT2D eigenvalue weighted by atomic mass is 19.1. The van der Waals surface area contributed by atoms with Gasteiger partial charge in [-0.3, -0.25) is 4.79 Å². The van der Waals surface area contributed by atoms with Gasteiger partial charge in [-0.2, -0.15) is 5.10 Å². The third-order valence-corrected chi connectivity index (χ3v) is 8.23. The van der Waals surface area contributed by atoms with Crippen LogP contribution in [0, 0.1) is 24.6 Å². The Morgan fingerprint density at radius 1 is 1.10 bits per heavy atom. The molecule has 1 saturated heterocycles. The van der Waals surface area contributed by atoms with Crippen LogP contribution >= 0.6 is 0 Å². The molecule has 1 aromatic carbocycles. The van der Waals surface area contributed by atoms with Crippen LogP contribution in [0.1, 0.15) is 30.0 Å². The minimum absolute atomic E-state index is 0.0168. The zero-order chi connectivity index (χ0) is 28.1. The average molecular weight is 551 g/mol. The Bertz CT molecular complexity index is 1810. The number of benzene rings is 1. The second kappa shape index (κ2) is 9.92. The molecule has 1 aliphatic carbocycles. The minimum Gasteiger partial charge on any atom is -0.457 e. The summed E-state index contributed by atoms with van der Waals surface area (Å²) in [7, 11) is 0. The van der Waals surface area contributed by atoms with E-state index in [1.807, 2.05) is 17.0 Å². The number of carbonyl (C=O) groups is 1. The molecular formula is C30H27FN8O2. The van der Waals surface area contributed by atoms with Crippen molar-refractivity contribution >= 4 is 34.1 Å². The van der Waals surface area contributed by atoms with E-state index in [0.29, 0.717) is 64.5 Å². The van der Waals surface area contributed by atoms with Gasteiger partial charge in [0.05, 0.1) is 11.2 Å². The van der Waals surface area contributed by atoms with E-state index in [9.17, 15) is 4.79 Å². The molecule has 1 unspecified atom stereocenters. The van der Waals surface area contributed by atoms with Gasteiger partial charge in [-0.05, 0) is 68.0 Å². The van der Waals surface area contributed by atoms with Crippen LogP contribution in [0.4, 0.5) is 15.9 Å². The predicted molar refractivity (Wildman–Crippen MR) is 151 cm³/mol. The lowest BCUT2D eigenvalue weighted by molar-refractivity contribution is -0.128. The largest absolute Gasteiger partial charge is 0.457 e. The third-order valence-electron chi connectivity index (χ3n) is 8.23. The number of hydrogen-bond donors (Lipinski definition) is 1. The number of likely N-dealkylation sites (tertiary alicyclic amines) is 1. The van der Waals surface area contributed by atoms with Gasteiger partial charge in [0.1, 0.15) is 29.7 Å². The number of piperidine rings is 1. The van der Waals surface area contributed by atoms with Crippen LogP contribution in [0.5, 0.6) is 11.5 Å². The van der Waals surface area contributed by atoms with Crippen molar-refractivity contribution in [3.8, 4) is 11.5 Å². The zero-order valence-electron chi connectivity index (χ0n) is 22.4. The van der Waals surface area contributed by atoms with Crippen molar-refractivity contribution < 1.29 is 13.9 Å². The molecule has 2 fully saturated rings. The number of rotatable bonds is 6. The molecule has 11 heteroatoms. The molecule has 5 aromatic rings. The highest BCUT2D eigenvalue weighted by Crippen LogP contribution is 2.48. The van der Waals surface area contributed by atoms with Gasteiger partial charge in [-0.1, -0.05) is 6.58 Å². The van der Waals surface area contributed by atoms with Crippen molar-refractivity contribution in [2.45, 2.75) is 25.7 Å². The van der Waals surface area contributed by atoms with Crippen LogP contribution in [0.3, 0.4) is 0 Å². The van der Waals surface area contributed by atoms with Gasteiger partial charge in [-0.15, -0.1) is 0 Å². The van der Waals surface area contributed by atoms with Crippen molar-refractivity contribution in [2.75, 3.05) is 18.4 Å². The number of pyridine rings is 2. The Balaban J connectivity index is 1.16. The van der Waals surface area contributed by atoms with Crippen LogP contribution < -0.4 is 10.1 Å². The minimum atomic E-state index is -0.453. The van der Waals surface area contributed by atoms with Crippen molar-refractivity contribution in [2.24, 2.45) is 11.8 Å². The molecule has 1 aliphatic heterocycles. The van der Waals surface area contributed by atoms with E-state index in [4.69, 9.17) is 9.72 Å². The number of halogens is 1. The first-order valence-electron chi connectivity index (χ1n) is 13.5. The van der Waals surface area contributed by atoms with E-state index in [-0.39, 0.29) is 17.5 Å². The molecule has 0 spiro atoms. The van der Waals surface area contributed by atoms with Crippen LogP contribution in [-0.2, 0) is 4.79 Å². The fraction of sp³-hybridized carbons (Fsp3) is 0.267.